The van der Waals surface area contributed by atoms with Gasteiger partial charge in [-0.15, -0.1) is 0 Å². The first-order valence-corrected chi connectivity index (χ1v) is 14.8. The number of ether oxygens (including phenoxy) is 2. The largest absolute Gasteiger partial charge is 0.490 e. The molecular weight excluding hydrogens is 571 g/mol. The van der Waals surface area contributed by atoms with Crippen molar-refractivity contribution in [2.45, 2.75) is 57.9 Å². The van der Waals surface area contributed by atoms with E-state index in [1.807, 2.05) is 24.3 Å². The van der Waals surface area contributed by atoms with Crippen molar-refractivity contribution in [2.75, 3.05) is 13.1 Å². The summed E-state index contributed by atoms with van der Waals surface area (Å²) >= 11 is 5.82. The Kier molecular flexibility index (Phi) is 8.24. The lowest BCUT2D eigenvalue weighted by molar-refractivity contribution is 0.0697. The molecule has 1 N–H and O–H groups in total. The van der Waals surface area contributed by atoms with Crippen molar-refractivity contribution in [3.8, 4) is 17.6 Å². The molecule has 43 heavy (non-hydrogen) atoms. The van der Waals surface area contributed by atoms with E-state index >= 15 is 0 Å². The molecule has 0 bridgehead atoms. The summed E-state index contributed by atoms with van der Waals surface area (Å²) in [6.07, 6.45) is 4.22. The molecule has 0 atom stereocenters. The molecule has 2 fully saturated rings. The summed E-state index contributed by atoms with van der Waals surface area (Å²) in [5.41, 5.74) is 2.63. The third-order valence-corrected chi connectivity index (χ3v) is 8.60. The van der Waals surface area contributed by atoms with Gasteiger partial charge in [-0.1, -0.05) is 23.7 Å². The van der Waals surface area contributed by atoms with Crippen molar-refractivity contribution in [1.82, 2.24) is 14.5 Å². The quantitative estimate of drug-likeness (QED) is 0.200. The van der Waals surface area contributed by atoms with E-state index in [0.29, 0.717) is 24.5 Å². The summed E-state index contributed by atoms with van der Waals surface area (Å²) < 4.78 is 28.2. The Morgan fingerprint density at radius 2 is 1.95 bits per heavy atom. The number of fused-ring (bicyclic) bond motifs is 1. The van der Waals surface area contributed by atoms with Crippen LogP contribution in [0.25, 0.3) is 11.0 Å². The van der Waals surface area contributed by atoms with Gasteiger partial charge in [0.05, 0.1) is 29.2 Å². The number of nitrogens with zero attached hydrogens (tertiary/aromatic N) is 4. The maximum atomic E-state index is 14.1. The number of rotatable bonds is 11. The number of nitriles is 1. The molecule has 1 saturated carbocycles. The average molecular weight is 603 g/mol. The van der Waals surface area contributed by atoms with E-state index in [-0.39, 0.29) is 29.4 Å². The van der Waals surface area contributed by atoms with Gasteiger partial charge in [0.2, 0.25) is 0 Å². The molecule has 2 aliphatic rings. The zero-order chi connectivity index (χ0) is 30.0. The van der Waals surface area contributed by atoms with Gasteiger partial charge in [0.1, 0.15) is 24.3 Å². The van der Waals surface area contributed by atoms with Gasteiger partial charge in [-0.25, -0.2) is 14.2 Å². The number of aromatic carboxylic acids is 1. The summed E-state index contributed by atoms with van der Waals surface area (Å²) in [4.78, 5) is 18.9. The normalized spacial score (nSPS) is 16.6. The van der Waals surface area contributed by atoms with Gasteiger partial charge in [0.15, 0.2) is 11.6 Å². The zero-order valence-electron chi connectivity index (χ0n) is 23.6. The highest BCUT2D eigenvalue weighted by Gasteiger charge is 2.43. The molecular formula is C33H32ClFN4O4. The van der Waals surface area contributed by atoms with Gasteiger partial charge in [0, 0.05) is 36.5 Å². The molecule has 1 aliphatic heterocycles. The molecule has 0 unspecified atom stereocenters. The Labute approximate surface area is 254 Å². The van der Waals surface area contributed by atoms with E-state index in [1.165, 1.54) is 12.1 Å². The predicted molar refractivity (Wildman–Crippen MR) is 160 cm³/mol. The maximum absolute atomic E-state index is 14.1. The molecule has 3 aromatic carbocycles. The van der Waals surface area contributed by atoms with Crippen LogP contribution in [0.2, 0.25) is 5.02 Å². The molecule has 6 rings (SSSR count). The number of halogens is 2. The van der Waals surface area contributed by atoms with Crippen LogP contribution in [0.4, 0.5) is 4.39 Å². The van der Waals surface area contributed by atoms with Crippen molar-refractivity contribution in [2.24, 2.45) is 5.41 Å². The number of carbonyl (C=O) groups is 1. The van der Waals surface area contributed by atoms with E-state index in [4.69, 9.17) is 26.1 Å². The SMILES string of the molecule is N#CCC1(Cn2c(CN3CCC(Oc4cccc(COc5ccc(Cl)cc5F)c4)CC3)nc3ccc(C(=O)O)cc32)CC1. The predicted octanol–water partition coefficient (Wildman–Crippen LogP) is 6.84. The Hall–Kier alpha value is -4.13. The van der Waals surface area contributed by atoms with Gasteiger partial charge in [-0.3, -0.25) is 4.90 Å². The van der Waals surface area contributed by atoms with Crippen LogP contribution in [-0.2, 0) is 19.7 Å². The smallest absolute Gasteiger partial charge is 0.335 e. The Morgan fingerprint density at radius 3 is 2.67 bits per heavy atom. The molecule has 0 radical (unpaired) electrons. The minimum atomic E-state index is -0.968. The van der Waals surface area contributed by atoms with Gasteiger partial charge in [-0.05, 0) is 79.8 Å². The molecule has 0 amide bonds. The molecule has 4 aromatic rings. The lowest BCUT2D eigenvalue weighted by Crippen LogP contribution is -2.38. The maximum Gasteiger partial charge on any atom is 0.335 e. The highest BCUT2D eigenvalue weighted by molar-refractivity contribution is 6.30. The van der Waals surface area contributed by atoms with Crippen LogP contribution < -0.4 is 9.47 Å². The monoisotopic (exact) mass is 602 g/mol. The third-order valence-electron chi connectivity index (χ3n) is 8.37. The van der Waals surface area contributed by atoms with E-state index < -0.39 is 11.8 Å². The van der Waals surface area contributed by atoms with Gasteiger partial charge in [0.25, 0.3) is 0 Å². The van der Waals surface area contributed by atoms with Gasteiger partial charge in [-0.2, -0.15) is 5.26 Å². The first-order chi connectivity index (χ1) is 20.8. The summed E-state index contributed by atoms with van der Waals surface area (Å²) in [6, 6.07) is 19.4. The number of likely N-dealkylation sites (tertiary alicyclic amines) is 1. The average Bonchev–Trinajstić information content (AvgIpc) is 3.67. The van der Waals surface area contributed by atoms with Crippen LogP contribution in [0, 0.1) is 22.6 Å². The van der Waals surface area contributed by atoms with Crippen LogP contribution in [0.3, 0.4) is 0 Å². The first kappa shape index (κ1) is 29.0. The van der Waals surface area contributed by atoms with Crippen LogP contribution in [-0.4, -0.2) is 44.7 Å². The molecule has 1 saturated heterocycles. The van der Waals surface area contributed by atoms with Crippen molar-refractivity contribution in [1.29, 1.82) is 5.26 Å². The summed E-state index contributed by atoms with van der Waals surface area (Å²) in [5.74, 6) is 0.327. The zero-order valence-corrected chi connectivity index (χ0v) is 24.4. The van der Waals surface area contributed by atoms with Crippen LogP contribution in [0.1, 0.15) is 53.8 Å². The summed E-state index contributed by atoms with van der Waals surface area (Å²) in [5, 5.41) is 19.2. The molecule has 1 aliphatic carbocycles. The Bertz CT molecular complexity index is 1690. The molecule has 222 valence electrons. The van der Waals surface area contributed by atoms with E-state index in [1.54, 1.807) is 24.3 Å². The molecule has 8 nitrogen and oxygen atoms in total. The Balaban J connectivity index is 1.08. The number of aromatic nitrogens is 2. The second kappa shape index (κ2) is 12.2. The second-order valence-corrected chi connectivity index (χ2v) is 12.0. The standard InChI is InChI=1S/C33H32ClFN4O4/c34-24-5-7-30(27(35)18-24)42-20-22-2-1-3-26(16-22)43-25-8-14-38(15-9-25)19-31-37-28-6-4-23(32(40)41)17-29(28)39(31)21-33(10-11-33)12-13-36/h1-7,16-18,25H,8-12,14-15,19-21H2,(H,40,41). The topological polar surface area (TPSA) is 101 Å². The van der Waals surface area contributed by atoms with Crippen LogP contribution in [0.5, 0.6) is 11.5 Å². The highest BCUT2D eigenvalue weighted by Crippen LogP contribution is 2.50. The fourth-order valence-corrected chi connectivity index (χ4v) is 5.87. The minimum absolute atomic E-state index is 0.0558. The van der Waals surface area contributed by atoms with Crippen molar-refractivity contribution in [3.05, 3.63) is 88.5 Å². The first-order valence-electron chi connectivity index (χ1n) is 14.5. The fourth-order valence-electron chi connectivity index (χ4n) is 5.71. The lowest BCUT2D eigenvalue weighted by atomic mass is 10.0. The van der Waals surface area contributed by atoms with Crippen LogP contribution in [0.15, 0.2) is 60.7 Å². The van der Waals surface area contributed by atoms with Gasteiger partial charge < -0.3 is 19.1 Å². The van der Waals surface area contributed by atoms with Crippen molar-refractivity contribution in [3.63, 3.8) is 0 Å². The Morgan fingerprint density at radius 1 is 1.14 bits per heavy atom. The van der Waals surface area contributed by atoms with Crippen molar-refractivity contribution >= 4 is 28.6 Å². The number of carboxylic acids is 1. The van der Waals surface area contributed by atoms with Crippen LogP contribution >= 0.6 is 11.6 Å². The van der Waals surface area contributed by atoms with Crippen molar-refractivity contribution < 1.29 is 23.8 Å². The molecule has 10 heteroatoms. The number of piperidine rings is 1. The van der Waals surface area contributed by atoms with Gasteiger partial charge >= 0.3 is 5.97 Å². The highest BCUT2D eigenvalue weighted by atomic mass is 35.5. The van der Waals surface area contributed by atoms with E-state index in [9.17, 15) is 19.6 Å². The number of hydrogen-bond donors (Lipinski definition) is 1. The number of imidazole rings is 1. The number of hydrogen-bond acceptors (Lipinski definition) is 6. The third kappa shape index (κ3) is 6.76. The fraction of sp³-hybridized carbons (Fsp3) is 0.364. The number of carboxylic acid groups (broad SMARTS) is 1. The van der Waals surface area contributed by atoms with E-state index in [2.05, 4.69) is 15.5 Å². The molecule has 2 heterocycles. The molecule has 0 spiro atoms. The second-order valence-electron chi connectivity index (χ2n) is 11.6. The van der Waals surface area contributed by atoms with E-state index in [0.717, 1.165) is 66.9 Å². The number of benzene rings is 3. The lowest BCUT2D eigenvalue weighted by Gasteiger charge is -2.32. The molecule has 1 aromatic heterocycles. The summed E-state index contributed by atoms with van der Waals surface area (Å²) in [6.45, 7) is 3.17. The summed E-state index contributed by atoms with van der Waals surface area (Å²) in [7, 11) is 0. The minimum Gasteiger partial charge on any atom is -0.490 e.